The molecular formula is C27H22N2O7. The van der Waals surface area contributed by atoms with Crippen LogP contribution in [-0.4, -0.2) is 40.6 Å². The van der Waals surface area contributed by atoms with Gasteiger partial charge in [0.05, 0.1) is 23.3 Å². The van der Waals surface area contributed by atoms with Gasteiger partial charge in [0.1, 0.15) is 5.76 Å². The van der Waals surface area contributed by atoms with E-state index >= 15 is 0 Å². The molecule has 1 saturated heterocycles. The second kappa shape index (κ2) is 9.18. The van der Waals surface area contributed by atoms with E-state index in [-0.39, 0.29) is 24.2 Å². The van der Waals surface area contributed by atoms with Crippen LogP contribution in [-0.2, 0) is 14.3 Å². The van der Waals surface area contributed by atoms with E-state index in [1.54, 1.807) is 68.7 Å². The van der Waals surface area contributed by atoms with Crippen molar-refractivity contribution >= 4 is 29.1 Å². The number of ether oxygens (including phenoxy) is 3. The lowest BCUT2D eigenvalue weighted by molar-refractivity contribution is -0.132. The number of carbonyl (C=O) groups is 3. The molecule has 3 heterocycles. The van der Waals surface area contributed by atoms with Crippen LogP contribution in [0.15, 0.2) is 72.6 Å². The second-order valence-electron chi connectivity index (χ2n) is 8.52. The topological polar surface area (TPSA) is 115 Å². The Kier molecular flexibility index (Phi) is 5.89. The molecule has 0 spiro atoms. The first-order chi connectivity index (χ1) is 17.3. The lowest BCUT2D eigenvalue weighted by Gasteiger charge is -2.25. The molecule has 3 aromatic rings. The van der Waals surface area contributed by atoms with Crippen molar-refractivity contribution < 1.29 is 33.7 Å². The van der Waals surface area contributed by atoms with E-state index in [0.717, 1.165) is 0 Å². The number of esters is 1. The lowest BCUT2D eigenvalue weighted by atomic mass is 9.95. The van der Waals surface area contributed by atoms with E-state index in [1.807, 2.05) is 0 Å². The van der Waals surface area contributed by atoms with Gasteiger partial charge in [-0.05, 0) is 74.0 Å². The summed E-state index contributed by atoms with van der Waals surface area (Å²) in [6.07, 6.45) is 2.81. The van der Waals surface area contributed by atoms with Crippen molar-refractivity contribution in [3.63, 3.8) is 0 Å². The minimum atomic E-state index is -0.924. The molecule has 0 bridgehead atoms. The molecular weight excluding hydrogens is 464 g/mol. The molecule has 1 N–H and O–H groups in total. The first kappa shape index (κ1) is 23.1. The van der Waals surface area contributed by atoms with Gasteiger partial charge in [-0.1, -0.05) is 0 Å². The van der Waals surface area contributed by atoms with Gasteiger partial charge in [0.25, 0.3) is 11.7 Å². The average molecular weight is 486 g/mol. The van der Waals surface area contributed by atoms with Crippen LogP contribution >= 0.6 is 0 Å². The van der Waals surface area contributed by atoms with Crippen LogP contribution in [0.5, 0.6) is 11.5 Å². The molecule has 36 heavy (non-hydrogen) atoms. The molecule has 0 saturated carbocycles. The van der Waals surface area contributed by atoms with Crippen LogP contribution in [0, 0.1) is 0 Å². The Morgan fingerprint density at radius 3 is 2.36 bits per heavy atom. The molecule has 0 aliphatic carbocycles. The van der Waals surface area contributed by atoms with Gasteiger partial charge < -0.3 is 19.3 Å². The van der Waals surface area contributed by atoms with Crippen LogP contribution in [0.25, 0.3) is 5.76 Å². The predicted octanol–water partition coefficient (Wildman–Crippen LogP) is 4.00. The summed E-state index contributed by atoms with van der Waals surface area (Å²) in [5.41, 5.74) is 1.50. The van der Waals surface area contributed by atoms with Gasteiger partial charge in [0, 0.05) is 23.6 Å². The molecule has 2 aliphatic heterocycles. The van der Waals surface area contributed by atoms with Crippen LogP contribution in [0.2, 0.25) is 0 Å². The van der Waals surface area contributed by atoms with Crippen molar-refractivity contribution in [3.8, 4) is 11.5 Å². The molecule has 5 rings (SSSR count). The summed E-state index contributed by atoms with van der Waals surface area (Å²) in [5, 5.41) is 11.2. The molecule has 1 aromatic heterocycles. The number of aromatic nitrogens is 1. The standard InChI is InChI=1S/C27H22N2O7/c1-15(2)36-27(33)17-3-6-19(7-4-17)29-23(16-9-11-28-12-10-16)22(25(31)26(29)32)24(30)18-5-8-20-21(13-18)35-14-34-20/h3-13,15,23,30H,14H2,1-2H3/b24-22-. The molecule has 9 heteroatoms. The van der Waals surface area contributed by atoms with Gasteiger partial charge in [0.2, 0.25) is 6.79 Å². The van der Waals surface area contributed by atoms with Gasteiger partial charge in [0.15, 0.2) is 11.5 Å². The largest absolute Gasteiger partial charge is 0.507 e. The number of aliphatic hydroxyl groups is 1. The third kappa shape index (κ3) is 4.04. The number of benzene rings is 2. The summed E-state index contributed by atoms with van der Waals surface area (Å²) in [5.74, 6) is -1.53. The summed E-state index contributed by atoms with van der Waals surface area (Å²) >= 11 is 0. The molecule has 1 atom stereocenters. The van der Waals surface area contributed by atoms with E-state index in [0.29, 0.717) is 33.9 Å². The highest BCUT2D eigenvalue weighted by Crippen LogP contribution is 2.43. The van der Waals surface area contributed by atoms with Crippen LogP contribution < -0.4 is 14.4 Å². The van der Waals surface area contributed by atoms with Crippen molar-refractivity contribution in [1.82, 2.24) is 4.98 Å². The molecule has 0 radical (unpaired) electrons. The first-order valence-electron chi connectivity index (χ1n) is 11.3. The molecule has 1 fully saturated rings. The third-order valence-electron chi connectivity index (χ3n) is 5.84. The monoisotopic (exact) mass is 486 g/mol. The number of anilines is 1. The molecule has 1 amide bonds. The number of hydrogen-bond acceptors (Lipinski definition) is 8. The highest BCUT2D eigenvalue weighted by atomic mass is 16.7. The zero-order valence-electron chi connectivity index (χ0n) is 19.5. The molecule has 2 aromatic carbocycles. The number of nitrogens with zero attached hydrogens (tertiary/aromatic N) is 2. The number of aliphatic hydroxyl groups excluding tert-OH is 1. The second-order valence-corrected chi connectivity index (χ2v) is 8.52. The maximum atomic E-state index is 13.3. The average Bonchev–Trinajstić information content (AvgIpc) is 3.46. The Balaban J connectivity index is 1.60. The van der Waals surface area contributed by atoms with Gasteiger partial charge in [-0.3, -0.25) is 19.5 Å². The Bertz CT molecular complexity index is 1380. The van der Waals surface area contributed by atoms with Crippen molar-refractivity contribution in [3.05, 3.63) is 89.3 Å². The van der Waals surface area contributed by atoms with E-state index < -0.39 is 23.7 Å². The van der Waals surface area contributed by atoms with Crippen molar-refractivity contribution in [2.75, 3.05) is 11.7 Å². The third-order valence-corrected chi connectivity index (χ3v) is 5.84. The van der Waals surface area contributed by atoms with Gasteiger partial charge in [-0.2, -0.15) is 0 Å². The summed E-state index contributed by atoms with van der Waals surface area (Å²) in [6.45, 7) is 3.56. The number of fused-ring (bicyclic) bond motifs is 1. The summed E-state index contributed by atoms with van der Waals surface area (Å²) in [7, 11) is 0. The Morgan fingerprint density at radius 1 is 1.00 bits per heavy atom. The highest BCUT2D eigenvalue weighted by molar-refractivity contribution is 6.51. The summed E-state index contributed by atoms with van der Waals surface area (Å²) in [4.78, 5) is 44.1. The maximum absolute atomic E-state index is 13.3. The zero-order valence-corrected chi connectivity index (χ0v) is 19.5. The molecule has 182 valence electrons. The van der Waals surface area contributed by atoms with Gasteiger partial charge in [-0.25, -0.2) is 4.79 Å². The van der Waals surface area contributed by atoms with Crippen molar-refractivity contribution in [2.45, 2.75) is 26.0 Å². The number of amides is 1. The summed E-state index contributed by atoms with van der Waals surface area (Å²) < 4.78 is 15.9. The van der Waals surface area contributed by atoms with Gasteiger partial charge >= 0.3 is 5.97 Å². The summed E-state index contributed by atoms with van der Waals surface area (Å²) in [6, 6.07) is 13.4. The molecule has 1 unspecified atom stereocenters. The number of ketones is 1. The fraction of sp³-hybridized carbons (Fsp3) is 0.185. The zero-order chi connectivity index (χ0) is 25.4. The predicted molar refractivity (Wildman–Crippen MR) is 129 cm³/mol. The minimum Gasteiger partial charge on any atom is -0.507 e. The van der Waals surface area contributed by atoms with E-state index in [2.05, 4.69) is 4.98 Å². The number of hydrogen-bond donors (Lipinski definition) is 1. The lowest BCUT2D eigenvalue weighted by Crippen LogP contribution is -2.29. The molecule has 2 aliphatic rings. The van der Waals surface area contributed by atoms with Crippen molar-refractivity contribution in [2.24, 2.45) is 0 Å². The maximum Gasteiger partial charge on any atom is 0.338 e. The highest BCUT2D eigenvalue weighted by Gasteiger charge is 2.47. The van der Waals surface area contributed by atoms with Crippen molar-refractivity contribution in [1.29, 1.82) is 0 Å². The SMILES string of the molecule is CC(C)OC(=O)c1ccc(N2C(=O)C(=O)/C(=C(\O)c3ccc4c(c3)OCO4)C2c2ccncc2)cc1. The van der Waals surface area contributed by atoms with E-state index in [9.17, 15) is 19.5 Å². The number of Topliss-reactive ketones (excluding diaryl/α,β-unsaturated/α-hetero) is 1. The van der Waals surface area contributed by atoms with E-state index in [4.69, 9.17) is 14.2 Å². The Hall–Kier alpha value is -4.66. The van der Waals surface area contributed by atoms with Gasteiger partial charge in [-0.15, -0.1) is 0 Å². The normalized spacial score (nSPS) is 18.1. The van der Waals surface area contributed by atoms with Crippen LogP contribution in [0.3, 0.4) is 0 Å². The molecule has 9 nitrogen and oxygen atoms in total. The fourth-order valence-electron chi connectivity index (χ4n) is 4.20. The van der Waals surface area contributed by atoms with Crippen LogP contribution in [0.4, 0.5) is 5.69 Å². The van der Waals surface area contributed by atoms with Crippen LogP contribution in [0.1, 0.15) is 41.4 Å². The number of rotatable bonds is 5. The minimum absolute atomic E-state index is 0.0572. The van der Waals surface area contributed by atoms with E-state index in [1.165, 1.54) is 17.0 Å². The number of pyridine rings is 1. The fourth-order valence-corrected chi connectivity index (χ4v) is 4.20. The first-order valence-corrected chi connectivity index (χ1v) is 11.3. The number of carbonyl (C=O) groups excluding carboxylic acids is 3. The quantitative estimate of drug-likeness (QED) is 0.249. The Labute approximate surface area is 206 Å². The Morgan fingerprint density at radius 2 is 1.67 bits per heavy atom. The smallest absolute Gasteiger partial charge is 0.338 e.